The van der Waals surface area contributed by atoms with Crippen molar-refractivity contribution in [1.29, 1.82) is 0 Å². The molecule has 2 aromatic rings. The van der Waals surface area contributed by atoms with Crippen LogP contribution in [-0.2, 0) is 0 Å². The van der Waals surface area contributed by atoms with E-state index in [2.05, 4.69) is 39.4 Å². The molecule has 0 aliphatic carbocycles. The monoisotopic (exact) mass is 324 g/mol. The zero-order valence-electron chi connectivity index (χ0n) is 14.3. The van der Waals surface area contributed by atoms with Crippen molar-refractivity contribution >= 4 is 23.1 Å². The Kier molecular flexibility index (Phi) is 4.89. The number of para-hydroxylation sites is 1. The lowest BCUT2D eigenvalue weighted by atomic mass is 10.2. The van der Waals surface area contributed by atoms with E-state index in [1.807, 2.05) is 49.3 Å². The molecule has 0 spiro atoms. The van der Waals surface area contributed by atoms with Gasteiger partial charge in [-0.15, -0.1) is 0 Å². The largest absolute Gasteiger partial charge is 0.378 e. The van der Waals surface area contributed by atoms with Gasteiger partial charge >= 0.3 is 6.03 Å². The zero-order valence-corrected chi connectivity index (χ0v) is 14.3. The third-order valence-corrected chi connectivity index (χ3v) is 4.32. The fourth-order valence-electron chi connectivity index (χ4n) is 2.85. The van der Waals surface area contributed by atoms with Crippen LogP contribution in [0.2, 0.25) is 0 Å². The molecule has 24 heavy (non-hydrogen) atoms. The molecule has 126 valence electrons. The maximum Gasteiger partial charge on any atom is 0.321 e. The van der Waals surface area contributed by atoms with Gasteiger partial charge in [-0.3, -0.25) is 0 Å². The lowest BCUT2D eigenvalue weighted by molar-refractivity contribution is 0.208. The number of piperazine rings is 1. The third kappa shape index (κ3) is 3.79. The van der Waals surface area contributed by atoms with E-state index >= 15 is 0 Å². The molecule has 0 radical (unpaired) electrons. The predicted molar refractivity (Wildman–Crippen MR) is 100 cm³/mol. The fraction of sp³-hybridized carbons (Fsp3) is 0.316. The molecule has 5 nitrogen and oxygen atoms in total. The van der Waals surface area contributed by atoms with E-state index in [0.29, 0.717) is 0 Å². The molecule has 0 bridgehead atoms. The first kappa shape index (κ1) is 16.2. The number of benzene rings is 2. The Hall–Kier alpha value is -2.69. The third-order valence-electron chi connectivity index (χ3n) is 4.32. The molecule has 0 atom stereocenters. The molecule has 1 aliphatic rings. The summed E-state index contributed by atoms with van der Waals surface area (Å²) in [6.07, 6.45) is 0. The van der Waals surface area contributed by atoms with Crippen LogP contribution in [0.4, 0.5) is 21.9 Å². The highest BCUT2D eigenvalue weighted by atomic mass is 16.2. The number of nitrogens with zero attached hydrogens (tertiary/aromatic N) is 3. The highest BCUT2D eigenvalue weighted by Gasteiger charge is 2.21. The smallest absolute Gasteiger partial charge is 0.321 e. The first-order valence-electron chi connectivity index (χ1n) is 8.27. The second kappa shape index (κ2) is 7.25. The summed E-state index contributed by atoms with van der Waals surface area (Å²) in [4.78, 5) is 18.6. The number of carbonyl (C=O) groups is 1. The van der Waals surface area contributed by atoms with Gasteiger partial charge in [-0.05, 0) is 36.4 Å². The lowest BCUT2D eigenvalue weighted by Gasteiger charge is -2.36. The Bertz CT molecular complexity index is 662. The summed E-state index contributed by atoms with van der Waals surface area (Å²) in [5.41, 5.74) is 3.24. The van der Waals surface area contributed by atoms with E-state index in [0.717, 1.165) is 31.9 Å². The first-order valence-corrected chi connectivity index (χ1v) is 8.27. The van der Waals surface area contributed by atoms with Gasteiger partial charge in [0.2, 0.25) is 0 Å². The molecule has 2 aromatic carbocycles. The van der Waals surface area contributed by atoms with Crippen LogP contribution in [0.15, 0.2) is 54.6 Å². The first-order chi connectivity index (χ1) is 11.6. The second-order valence-electron chi connectivity index (χ2n) is 6.18. The number of amides is 2. The van der Waals surface area contributed by atoms with Crippen molar-refractivity contribution in [2.75, 3.05) is 55.4 Å². The van der Waals surface area contributed by atoms with Crippen molar-refractivity contribution in [2.24, 2.45) is 0 Å². The van der Waals surface area contributed by atoms with E-state index in [9.17, 15) is 4.79 Å². The molecular weight excluding hydrogens is 300 g/mol. The van der Waals surface area contributed by atoms with Gasteiger partial charge in [0.1, 0.15) is 0 Å². The molecule has 1 N–H and O–H groups in total. The van der Waals surface area contributed by atoms with Crippen LogP contribution >= 0.6 is 0 Å². The summed E-state index contributed by atoms with van der Waals surface area (Å²) < 4.78 is 0. The average Bonchev–Trinajstić information content (AvgIpc) is 2.63. The van der Waals surface area contributed by atoms with E-state index < -0.39 is 0 Å². The van der Waals surface area contributed by atoms with Crippen molar-refractivity contribution in [3.8, 4) is 0 Å². The average molecular weight is 324 g/mol. The predicted octanol–water partition coefficient (Wildman–Crippen LogP) is 3.11. The minimum atomic E-state index is -0.0243. The van der Waals surface area contributed by atoms with E-state index in [1.165, 1.54) is 11.4 Å². The molecule has 2 amide bonds. The second-order valence-corrected chi connectivity index (χ2v) is 6.18. The van der Waals surface area contributed by atoms with E-state index in [1.54, 1.807) is 0 Å². The molecule has 1 aliphatic heterocycles. The molecule has 5 heteroatoms. The number of hydrogen-bond acceptors (Lipinski definition) is 3. The van der Waals surface area contributed by atoms with Crippen LogP contribution in [0, 0.1) is 0 Å². The van der Waals surface area contributed by atoms with Crippen molar-refractivity contribution in [3.63, 3.8) is 0 Å². The number of nitrogens with one attached hydrogen (secondary N) is 1. The quantitative estimate of drug-likeness (QED) is 0.943. The van der Waals surface area contributed by atoms with Crippen molar-refractivity contribution in [1.82, 2.24) is 4.90 Å². The number of carbonyl (C=O) groups excluding carboxylic acids is 1. The summed E-state index contributed by atoms with van der Waals surface area (Å²) in [6, 6.07) is 18.1. The Labute approximate surface area is 143 Å². The normalized spacial score (nSPS) is 14.4. The maximum atomic E-state index is 12.3. The molecule has 1 fully saturated rings. The lowest BCUT2D eigenvalue weighted by Crippen LogP contribution is -2.50. The van der Waals surface area contributed by atoms with Gasteiger partial charge in [-0.25, -0.2) is 4.79 Å². The van der Waals surface area contributed by atoms with Crippen LogP contribution in [0.1, 0.15) is 0 Å². The summed E-state index contributed by atoms with van der Waals surface area (Å²) in [5, 5.41) is 2.95. The Morgan fingerprint density at radius 2 is 1.54 bits per heavy atom. The van der Waals surface area contributed by atoms with Crippen LogP contribution in [-0.4, -0.2) is 51.2 Å². The Morgan fingerprint density at radius 1 is 0.917 bits per heavy atom. The van der Waals surface area contributed by atoms with Gasteiger partial charge in [0.15, 0.2) is 0 Å². The zero-order chi connectivity index (χ0) is 16.9. The summed E-state index contributed by atoms with van der Waals surface area (Å²) in [7, 11) is 4.08. The Balaban J connectivity index is 1.54. The number of rotatable bonds is 3. The van der Waals surface area contributed by atoms with Gasteiger partial charge < -0.3 is 20.0 Å². The highest BCUT2D eigenvalue weighted by Crippen LogP contribution is 2.21. The van der Waals surface area contributed by atoms with Gasteiger partial charge in [0, 0.05) is 57.3 Å². The Morgan fingerprint density at radius 3 is 2.12 bits per heavy atom. The topological polar surface area (TPSA) is 38.8 Å². The number of urea groups is 1. The summed E-state index contributed by atoms with van der Waals surface area (Å²) >= 11 is 0. The molecule has 0 saturated carbocycles. The van der Waals surface area contributed by atoms with Crippen molar-refractivity contribution in [2.45, 2.75) is 0 Å². The molecular formula is C19H24N4O. The standard InChI is InChI=1S/C19H24N4O/c1-21(2)17-8-10-18(11-9-17)22-12-14-23(15-13-22)19(24)20-16-6-4-3-5-7-16/h3-11H,12-15H2,1-2H3,(H,20,24). The minimum absolute atomic E-state index is 0.0243. The molecule has 1 heterocycles. The van der Waals surface area contributed by atoms with Crippen LogP contribution in [0.25, 0.3) is 0 Å². The molecule has 3 rings (SSSR count). The SMILES string of the molecule is CN(C)c1ccc(N2CCN(C(=O)Nc3ccccc3)CC2)cc1. The van der Waals surface area contributed by atoms with Gasteiger partial charge in [0.25, 0.3) is 0 Å². The fourth-order valence-corrected chi connectivity index (χ4v) is 2.85. The van der Waals surface area contributed by atoms with Crippen molar-refractivity contribution in [3.05, 3.63) is 54.6 Å². The van der Waals surface area contributed by atoms with Crippen LogP contribution in [0.5, 0.6) is 0 Å². The van der Waals surface area contributed by atoms with E-state index in [-0.39, 0.29) is 6.03 Å². The van der Waals surface area contributed by atoms with Gasteiger partial charge in [0.05, 0.1) is 0 Å². The highest BCUT2D eigenvalue weighted by molar-refractivity contribution is 5.89. The summed E-state index contributed by atoms with van der Waals surface area (Å²) in [6.45, 7) is 3.16. The molecule has 0 unspecified atom stereocenters. The van der Waals surface area contributed by atoms with Crippen LogP contribution < -0.4 is 15.1 Å². The summed E-state index contributed by atoms with van der Waals surface area (Å²) in [5.74, 6) is 0. The number of anilines is 3. The van der Waals surface area contributed by atoms with Gasteiger partial charge in [-0.2, -0.15) is 0 Å². The molecule has 1 saturated heterocycles. The molecule has 0 aromatic heterocycles. The van der Waals surface area contributed by atoms with Crippen LogP contribution in [0.3, 0.4) is 0 Å². The minimum Gasteiger partial charge on any atom is -0.378 e. The number of hydrogen-bond donors (Lipinski definition) is 1. The van der Waals surface area contributed by atoms with Crippen molar-refractivity contribution < 1.29 is 4.79 Å². The maximum absolute atomic E-state index is 12.3. The van der Waals surface area contributed by atoms with Gasteiger partial charge in [-0.1, -0.05) is 18.2 Å². The van der Waals surface area contributed by atoms with E-state index in [4.69, 9.17) is 0 Å².